The fourth-order valence-corrected chi connectivity index (χ4v) is 8.15. The van der Waals surface area contributed by atoms with Crippen LogP contribution < -0.4 is 20.3 Å². The summed E-state index contributed by atoms with van der Waals surface area (Å²) in [4.78, 5) is 51.0. The molecule has 2 heterocycles. The van der Waals surface area contributed by atoms with E-state index in [1.807, 2.05) is 60.7 Å². The highest BCUT2D eigenvalue weighted by Gasteiger charge is 2.19. The molecule has 10 nitrogen and oxygen atoms in total. The van der Waals surface area contributed by atoms with Crippen molar-refractivity contribution >= 4 is 75.0 Å². The summed E-state index contributed by atoms with van der Waals surface area (Å²) in [7, 11) is 0. The summed E-state index contributed by atoms with van der Waals surface area (Å²) in [6.07, 6.45) is 1.99. The minimum atomic E-state index is -0.679. The lowest BCUT2D eigenvalue weighted by molar-refractivity contribution is -0.150. The lowest BCUT2D eigenvalue weighted by Gasteiger charge is -2.19. The molecular weight excluding hydrogens is 777 g/mol. The Morgan fingerprint density at radius 3 is 1.34 bits per heavy atom. The molecular formula is C46H46O10S2. The molecule has 0 N–H and O–H groups in total. The molecule has 2 unspecified atom stereocenters. The molecule has 12 heteroatoms. The van der Waals surface area contributed by atoms with E-state index in [1.54, 1.807) is 60.8 Å². The normalized spacial score (nSPS) is 12.4. The number of hydrogen-bond donors (Lipinski definition) is 0. The molecule has 4 aromatic carbocycles. The van der Waals surface area contributed by atoms with Gasteiger partial charge in [-0.2, -0.15) is 0 Å². The smallest absolute Gasteiger partial charge is 0.333 e. The molecule has 0 aliphatic carbocycles. The number of carbonyl (C=O) groups excluding carboxylic acids is 2. The molecule has 0 saturated heterocycles. The van der Waals surface area contributed by atoms with Crippen molar-refractivity contribution in [1.82, 2.24) is 0 Å². The summed E-state index contributed by atoms with van der Waals surface area (Å²) in [6.45, 7) is 11.8. The lowest BCUT2D eigenvalue weighted by Crippen LogP contribution is -2.30. The SMILES string of the molecule is C=C(C)C(=O)OC(COCCCCCCOCC(COc1ccc2sc3ccccc3c(=O)c2c1)OC(=O)C(=C)C)COc1ccc2sc3ccccc3c(=O)c2c1. The summed E-state index contributed by atoms with van der Waals surface area (Å²) in [6, 6.07) is 25.8. The highest BCUT2D eigenvalue weighted by molar-refractivity contribution is 7.24. The number of rotatable bonds is 21. The molecule has 2 atom stereocenters. The monoisotopic (exact) mass is 822 g/mol. The summed E-state index contributed by atoms with van der Waals surface area (Å²) in [5.74, 6) is -0.0714. The summed E-state index contributed by atoms with van der Waals surface area (Å²) in [5.41, 5.74) is 0.435. The van der Waals surface area contributed by atoms with Gasteiger partial charge in [0.2, 0.25) is 0 Å². The van der Waals surface area contributed by atoms with E-state index in [1.165, 1.54) is 0 Å². The van der Waals surface area contributed by atoms with Crippen LogP contribution in [0.1, 0.15) is 39.5 Å². The lowest BCUT2D eigenvalue weighted by atomic mass is 10.2. The van der Waals surface area contributed by atoms with Crippen molar-refractivity contribution < 1.29 is 38.0 Å². The second-order valence-electron chi connectivity index (χ2n) is 14.0. The number of ether oxygens (including phenoxy) is 6. The van der Waals surface area contributed by atoms with Crippen LogP contribution in [0, 0.1) is 0 Å². The summed E-state index contributed by atoms with van der Waals surface area (Å²) < 4.78 is 38.5. The third-order valence-electron chi connectivity index (χ3n) is 9.15. The van der Waals surface area contributed by atoms with Crippen LogP contribution >= 0.6 is 22.7 Å². The van der Waals surface area contributed by atoms with Crippen molar-refractivity contribution in [3.63, 3.8) is 0 Å². The van der Waals surface area contributed by atoms with Gasteiger partial charge in [0.05, 0.1) is 13.2 Å². The Balaban J connectivity index is 0.918. The van der Waals surface area contributed by atoms with Crippen molar-refractivity contribution in [3.05, 3.63) is 130 Å². The zero-order valence-corrected chi connectivity index (χ0v) is 34.3. The van der Waals surface area contributed by atoms with Gasteiger partial charge < -0.3 is 28.4 Å². The molecule has 0 spiro atoms. The Kier molecular flexibility index (Phi) is 14.8. The van der Waals surface area contributed by atoms with Crippen molar-refractivity contribution in [1.29, 1.82) is 0 Å². The van der Waals surface area contributed by atoms with Gasteiger partial charge in [-0.15, -0.1) is 22.7 Å². The van der Waals surface area contributed by atoms with Crippen molar-refractivity contribution in [2.24, 2.45) is 0 Å². The number of esters is 2. The molecule has 0 fully saturated rings. The van der Waals surface area contributed by atoms with Gasteiger partial charge in [-0.1, -0.05) is 50.3 Å². The molecule has 0 bridgehead atoms. The average Bonchev–Trinajstić information content (AvgIpc) is 3.22. The van der Waals surface area contributed by atoms with Gasteiger partial charge in [-0.05, 0) is 87.4 Å². The van der Waals surface area contributed by atoms with Crippen molar-refractivity contribution in [2.75, 3.05) is 39.6 Å². The average molecular weight is 823 g/mol. The van der Waals surface area contributed by atoms with Crippen molar-refractivity contribution in [3.8, 4) is 11.5 Å². The molecule has 6 rings (SSSR count). The largest absolute Gasteiger partial charge is 0.490 e. The molecule has 0 radical (unpaired) electrons. The standard InChI is InChI=1S/C46H46O10S2/c1-29(2)45(49)55-33(27-53-31-17-19-41-37(23-31)43(47)35-13-7-9-15-39(35)57-41)25-51-21-11-5-6-12-22-52-26-34(56-46(50)30(3)4)28-54-32-18-20-42-38(24-32)44(48)36-14-8-10-16-40(36)58-42/h7-10,13-20,23-24,33-34H,1,3,5-6,11-12,21-22,25-28H2,2,4H3. The molecule has 0 aliphatic rings. The van der Waals surface area contributed by atoms with Gasteiger partial charge in [-0.25, -0.2) is 9.59 Å². The van der Waals surface area contributed by atoms with Gasteiger partial charge in [0, 0.05) is 64.7 Å². The van der Waals surface area contributed by atoms with Gasteiger partial charge in [0.15, 0.2) is 23.1 Å². The Morgan fingerprint density at radius 2 is 0.931 bits per heavy atom. The van der Waals surface area contributed by atoms with Crippen LogP contribution in [0.4, 0.5) is 0 Å². The minimum Gasteiger partial charge on any atom is -0.490 e. The first-order valence-electron chi connectivity index (χ1n) is 19.1. The Hall–Kier alpha value is -5.40. The highest BCUT2D eigenvalue weighted by Crippen LogP contribution is 2.29. The third kappa shape index (κ3) is 11.2. The molecule has 0 saturated carbocycles. The Morgan fingerprint density at radius 1 is 0.534 bits per heavy atom. The maximum Gasteiger partial charge on any atom is 0.333 e. The zero-order chi connectivity index (χ0) is 41.0. The first kappa shape index (κ1) is 42.2. The third-order valence-corrected chi connectivity index (χ3v) is 11.4. The van der Waals surface area contributed by atoms with E-state index >= 15 is 0 Å². The number of benzene rings is 4. The van der Waals surface area contributed by atoms with Gasteiger partial charge in [-0.3, -0.25) is 9.59 Å². The molecule has 0 aliphatic heterocycles. The first-order valence-corrected chi connectivity index (χ1v) is 20.8. The van der Waals surface area contributed by atoms with E-state index in [2.05, 4.69) is 13.2 Å². The van der Waals surface area contributed by atoms with Crippen LogP contribution in [0.2, 0.25) is 0 Å². The minimum absolute atomic E-state index is 0.0436. The van der Waals surface area contributed by atoms with Gasteiger partial charge >= 0.3 is 11.9 Å². The van der Waals surface area contributed by atoms with Crippen LogP contribution in [0.3, 0.4) is 0 Å². The van der Waals surface area contributed by atoms with Crippen LogP contribution in [-0.4, -0.2) is 63.8 Å². The maximum atomic E-state index is 13.1. The topological polar surface area (TPSA) is 124 Å². The quantitative estimate of drug-likeness (QED) is 0.0301. The van der Waals surface area contributed by atoms with Crippen LogP contribution in [0.15, 0.2) is 119 Å². The van der Waals surface area contributed by atoms with Gasteiger partial charge in [0.25, 0.3) is 0 Å². The number of unbranched alkanes of at least 4 members (excludes halogenated alkanes) is 3. The number of fused-ring (bicyclic) bond motifs is 4. The van der Waals surface area contributed by atoms with E-state index in [0.29, 0.717) is 46.3 Å². The first-order chi connectivity index (χ1) is 28.1. The Labute approximate surface area is 344 Å². The number of carbonyl (C=O) groups is 2. The molecule has 302 valence electrons. The van der Waals surface area contributed by atoms with Crippen LogP contribution in [0.25, 0.3) is 40.3 Å². The van der Waals surface area contributed by atoms with E-state index in [-0.39, 0.29) is 48.4 Å². The fraction of sp³-hybridized carbons (Fsp3) is 0.304. The molecule has 2 aromatic heterocycles. The Bertz CT molecular complexity index is 2380. The predicted molar refractivity (Wildman–Crippen MR) is 232 cm³/mol. The maximum absolute atomic E-state index is 13.1. The van der Waals surface area contributed by atoms with Gasteiger partial charge in [0.1, 0.15) is 24.7 Å². The highest BCUT2D eigenvalue weighted by atomic mass is 32.1. The second-order valence-corrected chi connectivity index (χ2v) is 16.1. The number of hydrogen-bond acceptors (Lipinski definition) is 12. The summed E-state index contributed by atoms with van der Waals surface area (Å²) in [5, 5.41) is 2.48. The molecule has 58 heavy (non-hydrogen) atoms. The van der Waals surface area contributed by atoms with E-state index in [0.717, 1.165) is 44.5 Å². The van der Waals surface area contributed by atoms with Crippen molar-refractivity contribution in [2.45, 2.75) is 51.7 Å². The van der Waals surface area contributed by atoms with Crippen LogP contribution in [0.5, 0.6) is 11.5 Å². The van der Waals surface area contributed by atoms with E-state index in [9.17, 15) is 19.2 Å². The van der Waals surface area contributed by atoms with Crippen LogP contribution in [-0.2, 0) is 28.5 Å². The fourth-order valence-electron chi connectivity index (χ4n) is 6.05. The molecule has 0 amide bonds. The summed E-state index contributed by atoms with van der Waals surface area (Å²) >= 11 is 3.09. The van der Waals surface area contributed by atoms with E-state index < -0.39 is 24.1 Å². The predicted octanol–water partition coefficient (Wildman–Crippen LogP) is 9.17. The second kappa shape index (κ2) is 20.3. The zero-order valence-electron chi connectivity index (χ0n) is 32.6. The van der Waals surface area contributed by atoms with E-state index in [4.69, 9.17) is 28.4 Å². The molecule has 6 aromatic rings.